The number of carbonyl (C=O) groups excluding carboxylic acids is 1. The van der Waals surface area contributed by atoms with Crippen molar-refractivity contribution in [1.29, 1.82) is 0 Å². The van der Waals surface area contributed by atoms with E-state index in [0.717, 1.165) is 30.6 Å². The largest absolute Gasteiger partial charge is 0.334 e. The number of amides is 1. The molecule has 1 atom stereocenters. The van der Waals surface area contributed by atoms with Gasteiger partial charge in [-0.1, -0.05) is 6.07 Å². The van der Waals surface area contributed by atoms with Crippen LogP contribution in [0.3, 0.4) is 0 Å². The molecule has 1 fully saturated rings. The van der Waals surface area contributed by atoms with Gasteiger partial charge in [-0.3, -0.25) is 9.78 Å². The van der Waals surface area contributed by atoms with E-state index in [2.05, 4.69) is 4.98 Å². The van der Waals surface area contributed by atoms with E-state index in [0.29, 0.717) is 12.6 Å². The second-order valence-electron chi connectivity index (χ2n) is 4.95. The maximum Gasteiger partial charge on any atom is 0.240 e. The lowest BCUT2D eigenvalue weighted by molar-refractivity contribution is -0.133. The average Bonchev–Trinajstić information content (AvgIpc) is 3.27. The van der Waals surface area contributed by atoms with Gasteiger partial charge < -0.3 is 10.6 Å². The monoisotopic (exact) mass is 279 g/mol. The van der Waals surface area contributed by atoms with Crippen molar-refractivity contribution < 1.29 is 4.79 Å². The van der Waals surface area contributed by atoms with Crippen molar-refractivity contribution in [2.24, 2.45) is 5.73 Å². The summed E-state index contributed by atoms with van der Waals surface area (Å²) in [6.45, 7) is 0.629. The Kier molecular flexibility index (Phi) is 5.22. The molecule has 5 heteroatoms. The number of rotatable bonds is 7. The van der Waals surface area contributed by atoms with Crippen LogP contribution in [0.15, 0.2) is 24.5 Å². The van der Waals surface area contributed by atoms with Crippen LogP contribution < -0.4 is 5.73 Å². The molecule has 1 aromatic rings. The molecular weight excluding hydrogens is 258 g/mol. The number of hydrogen-bond donors (Lipinski definition) is 1. The molecule has 1 aliphatic rings. The molecule has 104 valence electrons. The Hall–Kier alpha value is -1.07. The molecular formula is C14H21N3OS. The highest BCUT2D eigenvalue weighted by Crippen LogP contribution is 2.29. The lowest BCUT2D eigenvalue weighted by Crippen LogP contribution is -2.44. The lowest BCUT2D eigenvalue weighted by Gasteiger charge is -2.25. The molecule has 4 nitrogen and oxygen atoms in total. The van der Waals surface area contributed by atoms with Gasteiger partial charge in [-0.2, -0.15) is 11.8 Å². The predicted molar refractivity (Wildman–Crippen MR) is 78.8 cm³/mol. The van der Waals surface area contributed by atoms with Crippen LogP contribution in [-0.2, 0) is 11.3 Å². The molecule has 19 heavy (non-hydrogen) atoms. The van der Waals surface area contributed by atoms with Gasteiger partial charge in [0, 0.05) is 25.0 Å². The second-order valence-corrected chi connectivity index (χ2v) is 5.93. The zero-order chi connectivity index (χ0) is 13.7. The van der Waals surface area contributed by atoms with Gasteiger partial charge in [-0.05, 0) is 42.9 Å². The van der Waals surface area contributed by atoms with Gasteiger partial charge in [-0.25, -0.2) is 0 Å². The summed E-state index contributed by atoms with van der Waals surface area (Å²) in [5.74, 6) is 1.01. The van der Waals surface area contributed by atoms with Crippen molar-refractivity contribution in [3.05, 3.63) is 30.1 Å². The van der Waals surface area contributed by atoms with Crippen LogP contribution in [0.2, 0.25) is 0 Å². The van der Waals surface area contributed by atoms with Crippen molar-refractivity contribution in [3.8, 4) is 0 Å². The molecule has 1 heterocycles. The number of nitrogens with two attached hydrogens (primary N) is 1. The fourth-order valence-electron chi connectivity index (χ4n) is 2.04. The number of pyridine rings is 1. The third-order valence-corrected chi connectivity index (χ3v) is 3.94. The van der Waals surface area contributed by atoms with E-state index >= 15 is 0 Å². The van der Waals surface area contributed by atoms with Crippen molar-refractivity contribution in [3.63, 3.8) is 0 Å². The average molecular weight is 279 g/mol. The van der Waals surface area contributed by atoms with Gasteiger partial charge in [0.1, 0.15) is 0 Å². The first-order valence-electron chi connectivity index (χ1n) is 6.66. The van der Waals surface area contributed by atoms with Crippen molar-refractivity contribution >= 4 is 17.7 Å². The minimum absolute atomic E-state index is 0.0837. The van der Waals surface area contributed by atoms with Crippen molar-refractivity contribution in [2.45, 2.75) is 37.9 Å². The van der Waals surface area contributed by atoms with E-state index in [1.54, 1.807) is 18.0 Å². The number of hydrogen-bond acceptors (Lipinski definition) is 4. The van der Waals surface area contributed by atoms with Crippen LogP contribution in [0.4, 0.5) is 0 Å². The first-order valence-corrected chi connectivity index (χ1v) is 8.05. The molecule has 0 spiro atoms. The normalized spacial score (nSPS) is 16.1. The number of nitrogens with zero attached hydrogens (tertiary/aromatic N) is 2. The zero-order valence-electron chi connectivity index (χ0n) is 11.3. The highest BCUT2D eigenvalue weighted by Gasteiger charge is 2.34. The molecule has 1 amide bonds. The molecule has 0 aromatic carbocycles. The van der Waals surface area contributed by atoms with Crippen molar-refractivity contribution in [1.82, 2.24) is 9.88 Å². The summed E-state index contributed by atoms with van der Waals surface area (Å²) in [4.78, 5) is 18.4. The Morgan fingerprint density at radius 1 is 1.63 bits per heavy atom. The summed E-state index contributed by atoms with van der Waals surface area (Å²) in [5, 5.41) is 0. The smallest absolute Gasteiger partial charge is 0.240 e. The first kappa shape index (κ1) is 14.3. The third-order valence-electron chi connectivity index (χ3n) is 3.30. The summed E-state index contributed by atoms with van der Waals surface area (Å²) < 4.78 is 0. The molecule has 0 bridgehead atoms. The summed E-state index contributed by atoms with van der Waals surface area (Å²) in [5.41, 5.74) is 7.07. The van der Waals surface area contributed by atoms with E-state index in [9.17, 15) is 4.79 Å². The van der Waals surface area contributed by atoms with Gasteiger partial charge in [-0.15, -0.1) is 0 Å². The maximum atomic E-state index is 12.4. The standard InChI is InChI=1S/C14H21N3OS/c1-19-8-6-13(15)14(18)17(12-4-5-12)10-11-3-2-7-16-9-11/h2-3,7,9,12-13H,4-6,8,10,15H2,1H3/t13-/m0/s1. The Bertz CT molecular complexity index is 408. The van der Waals surface area contributed by atoms with E-state index in [1.165, 1.54) is 0 Å². The summed E-state index contributed by atoms with van der Waals surface area (Å²) >= 11 is 1.73. The van der Waals surface area contributed by atoms with Gasteiger partial charge in [0.15, 0.2) is 0 Å². The molecule has 0 radical (unpaired) electrons. The lowest BCUT2D eigenvalue weighted by atomic mass is 10.2. The molecule has 2 N–H and O–H groups in total. The first-order chi connectivity index (χ1) is 9.22. The molecule has 0 saturated heterocycles. The molecule has 0 aliphatic heterocycles. The summed E-state index contributed by atoms with van der Waals surface area (Å²) in [7, 11) is 0. The van der Waals surface area contributed by atoms with Crippen LogP contribution in [0.25, 0.3) is 0 Å². The van der Waals surface area contributed by atoms with Crippen molar-refractivity contribution in [2.75, 3.05) is 12.0 Å². The summed E-state index contributed by atoms with van der Waals surface area (Å²) in [6.07, 6.45) is 8.54. The van der Waals surface area contributed by atoms with E-state index in [4.69, 9.17) is 5.73 Å². The number of carbonyl (C=O) groups is 1. The van der Waals surface area contributed by atoms with E-state index < -0.39 is 0 Å². The second kappa shape index (κ2) is 6.91. The number of thioether (sulfide) groups is 1. The maximum absolute atomic E-state index is 12.4. The van der Waals surface area contributed by atoms with Gasteiger partial charge in [0.25, 0.3) is 0 Å². The molecule has 1 aliphatic carbocycles. The quantitative estimate of drug-likeness (QED) is 0.824. The topological polar surface area (TPSA) is 59.2 Å². The predicted octanol–water partition coefficient (Wildman–Crippen LogP) is 1.65. The van der Waals surface area contributed by atoms with E-state index in [-0.39, 0.29) is 11.9 Å². The van der Waals surface area contributed by atoms with Crippen LogP contribution in [0, 0.1) is 0 Å². The van der Waals surface area contributed by atoms with Crippen LogP contribution in [0.5, 0.6) is 0 Å². The highest BCUT2D eigenvalue weighted by molar-refractivity contribution is 7.98. The molecule has 0 unspecified atom stereocenters. The fraction of sp³-hybridized carbons (Fsp3) is 0.571. The zero-order valence-corrected chi connectivity index (χ0v) is 12.1. The molecule has 1 saturated carbocycles. The van der Waals surface area contributed by atoms with Gasteiger partial charge in [0.05, 0.1) is 6.04 Å². The Labute approximate surface area is 118 Å². The Morgan fingerprint density at radius 2 is 2.42 bits per heavy atom. The van der Waals surface area contributed by atoms with Crippen LogP contribution in [-0.4, -0.2) is 39.9 Å². The van der Waals surface area contributed by atoms with Gasteiger partial charge >= 0.3 is 0 Å². The van der Waals surface area contributed by atoms with Crippen LogP contribution in [0.1, 0.15) is 24.8 Å². The molecule has 2 rings (SSSR count). The Morgan fingerprint density at radius 3 is 3.00 bits per heavy atom. The minimum atomic E-state index is -0.371. The number of aromatic nitrogens is 1. The summed E-state index contributed by atoms with van der Waals surface area (Å²) in [6, 6.07) is 3.92. The highest BCUT2D eigenvalue weighted by atomic mass is 32.2. The SMILES string of the molecule is CSCC[C@H](N)C(=O)N(Cc1cccnc1)C1CC1. The van der Waals surface area contributed by atoms with E-state index in [1.807, 2.05) is 29.5 Å². The van der Waals surface area contributed by atoms with Gasteiger partial charge in [0.2, 0.25) is 5.91 Å². The minimum Gasteiger partial charge on any atom is -0.334 e. The third kappa shape index (κ3) is 4.21. The fourth-order valence-corrected chi connectivity index (χ4v) is 2.53. The Balaban J connectivity index is 1.97. The van der Waals surface area contributed by atoms with Crippen LogP contribution >= 0.6 is 11.8 Å². The molecule has 1 aromatic heterocycles.